The van der Waals surface area contributed by atoms with Crippen LogP contribution in [0.1, 0.15) is 32.6 Å². The number of guanidine groups is 1. The molecule has 4 N–H and O–H groups in total. The molecule has 7 heteroatoms. The standard InChI is InChI=1S/C16H28N4O2S/c1-6-18-14(19-10-15(2,3)13(21)17-5)20-11-16(4,22)12-8-7-9-23-12/h7-9,22H,6,10-11H2,1-5H3,(H,17,21)(H2,18,19,20). The number of amides is 1. The van der Waals surface area contributed by atoms with Gasteiger partial charge in [0, 0.05) is 18.5 Å². The lowest BCUT2D eigenvalue weighted by Gasteiger charge is -2.25. The summed E-state index contributed by atoms with van der Waals surface area (Å²) in [4.78, 5) is 17.2. The van der Waals surface area contributed by atoms with Crippen molar-refractivity contribution in [2.75, 3.05) is 26.7 Å². The van der Waals surface area contributed by atoms with E-state index in [0.29, 0.717) is 25.6 Å². The van der Waals surface area contributed by atoms with Crippen LogP contribution in [0.4, 0.5) is 0 Å². The Hall–Kier alpha value is -1.60. The van der Waals surface area contributed by atoms with Gasteiger partial charge >= 0.3 is 0 Å². The van der Waals surface area contributed by atoms with Gasteiger partial charge in [0.05, 0.1) is 18.5 Å². The van der Waals surface area contributed by atoms with Gasteiger partial charge in [0.25, 0.3) is 0 Å². The van der Waals surface area contributed by atoms with Crippen LogP contribution in [0.25, 0.3) is 0 Å². The maximum absolute atomic E-state index is 11.8. The lowest BCUT2D eigenvalue weighted by molar-refractivity contribution is -0.128. The minimum absolute atomic E-state index is 0.0531. The predicted molar refractivity (Wildman–Crippen MR) is 95.7 cm³/mol. The summed E-state index contributed by atoms with van der Waals surface area (Å²) in [6.07, 6.45) is 0. The zero-order valence-corrected chi connectivity index (χ0v) is 15.4. The molecule has 6 nitrogen and oxygen atoms in total. The van der Waals surface area contributed by atoms with E-state index in [1.165, 1.54) is 11.3 Å². The van der Waals surface area contributed by atoms with Crippen molar-refractivity contribution in [1.29, 1.82) is 0 Å². The fraction of sp³-hybridized carbons (Fsp3) is 0.625. The van der Waals surface area contributed by atoms with Crippen molar-refractivity contribution in [1.82, 2.24) is 16.0 Å². The summed E-state index contributed by atoms with van der Waals surface area (Å²) >= 11 is 1.52. The number of nitrogens with one attached hydrogen (secondary N) is 3. The highest BCUT2D eigenvalue weighted by Gasteiger charge is 2.27. The van der Waals surface area contributed by atoms with Gasteiger partial charge in [-0.15, -0.1) is 11.3 Å². The van der Waals surface area contributed by atoms with Gasteiger partial charge < -0.3 is 21.1 Å². The smallest absolute Gasteiger partial charge is 0.227 e. The van der Waals surface area contributed by atoms with E-state index >= 15 is 0 Å². The molecule has 0 aliphatic carbocycles. The molecule has 1 unspecified atom stereocenters. The number of thiophene rings is 1. The summed E-state index contributed by atoms with van der Waals surface area (Å²) < 4.78 is 0. The second kappa shape index (κ2) is 8.31. The van der Waals surface area contributed by atoms with Gasteiger partial charge in [-0.3, -0.25) is 9.79 Å². The molecule has 0 saturated heterocycles. The first-order chi connectivity index (χ1) is 10.7. The van der Waals surface area contributed by atoms with Crippen LogP contribution >= 0.6 is 11.3 Å². The molecule has 1 amide bonds. The third-order valence-corrected chi connectivity index (χ3v) is 4.59. The molecule has 23 heavy (non-hydrogen) atoms. The number of carbonyl (C=O) groups is 1. The van der Waals surface area contributed by atoms with Crippen molar-refractivity contribution in [2.45, 2.75) is 33.3 Å². The summed E-state index contributed by atoms with van der Waals surface area (Å²) in [7, 11) is 1.62. The Kier molecular flexibility index (Phi) is 7.02. The van der Waals surface area contributed by atoms with Gasteiger partial charge in [0.2, 0.25) is 5.91 Å². The van der Waals surface area contributed by atoms with E-state index in [2.05, 4.69) is 20.9 Å². The fourth-order valence-corrected chi connectivity index (χ4v) is 2.74. The molecule has 1 heterocycles. The molecule has 0 radical (unpaired) electrons. The average Bonchev–Trinajstić information content (AvgIpc) is 3.04. The van der Waals surface area contributed by atoms with Crippen molar-refractivity contribution < 1.29 is 9.90 Å². The van der Waals surface area contributed by atoms with Crippen molar-refractivity contribution in [3.8, 4) is 0 Å². The molecule has 0 bridgehead atoms. The van der Waals surface area contributed by atoms with Crippen molar-refractivity contribution >= 4 is 23.2 Å². The van der Waals surface area contributed by atoms with Gasteiger partial charge in [-0.25, -0.2) is 0 Å². The van der Waals surface area contributed by atoms with E-state index < -0.39 is 11.0 Å². The molecule has 1 aromatic heterocycles. The molecule has 130 valence electrons. The lowest BCUT2D eigenvalue weighted by Crippen LogP contribution is -2.45. The summed E-state index contributed by atoms with van der Waals surface area (Å²) in [5.74, 6) is 0.531. The number of hydrogen-bond donors (Lipinski definition) is 4. The van der Waals surface area contributed by atoms with Crippen molar-refractivity contribution in [2.24, 2.45) is 10.4 Å². The maximum atomic E-state index is 11.8. The summed E-state index contributed by atoms with van der Waals surface area (Å²) in [6, 6.07) is 3.82. The monoisotopic (exact) mass is 340 g/mol. The van der Waals surface area contributed by atoms with Gasteiger partial charge in [0.1, 0.15) is 5.60 Å². The van der Waals surface area contributed by atoms with E-state index in [1.54, 1.807) is 14.0 Å². The summed E-state index contributed by atoms with van der Waals surface area (Å²) in [5, 5.41) is 21.4. The topological polar surface area (TPSA) is 85.8 Å². The number of rotatable bonds is 7. The highest BCUT2D eigenvalue weighted by atomic mass is 32.1. The van der Waals surface area contributed by atoms with Crippen LogP contribution in [0.5, 0.6) is 0 Å². The van der Waals surface area contributed by atoms with Crippen LogP contribution in [-0.4, -0.2) is 43.7 Å². The van der Waals surface area contributed by atoms with Crippen LogP contribution < -0.4 is 16.0 Å². The molecular weight excluding hydrogens is 312 g/mol. The third-order valence-electron chi connectivity index (χ3n) is 3.47. The quantitative estimate of drug-likeness (QED) is 0.445. The lowest BCUT2D eigenvalue weighted by atomic mass is 9.93. The normalized spacial score (nSPS) is 15.0. The minimum atomic E-state index is -0.972. The molecule has 1 rings (SSSR count). The Labute approximate surface area is 142 Å². The Morgan fingerprint density at radius 2 is 2.04 bits per heavy atom. The molecule has 1 aromatic rings. The zero-order chi connectivity index (χ0) is 17.5. The van der Waals surface area contributed by atoms with Crippen LogP contribution in [-0.2, 0) is 10.4 Å². The summed E-state index contributed by atoms with van der Waals surface area (Å²) in [5.41, 5.74) is -1.56. The fourth-order valence-electron chi connectivity index (χ4n) is 1.96. The van der Waals surface area contributed by atoms with Crippen LogP contribution in [0.3, 0.4) is 0 Å². The van der Waals surface area contributed by atoms with E-state index in [-0.39, 0.29) is 5.91 Å². The van der Waals surface area contributed by atoms with E-state index in [4.69, 9.17) is 0 Å². The maximum Gasteiger partial charge on any atom is 0.227 e. The van der Waals surface area contributed by atoms with Gasteiger partial charge in [0.15, 0.2) is 5.96 Å². The molecule has 0 aliphatic heterocycles. The molecule has 0 aromatic carbocycles. The first kappa shape index (κ1) is 19.4. The number of aliphatic hydroxyl groups is 1. The Bertz CT molecular complexity index is 524. The molecule has 1 atom stereocenters. The second-order valence-corrected chi connectivity index (χ2v) is 7.21. The SMILES string of the molecule is CCNC(=NCC(C)(C)C(=O)NC)NCC(C)(O)c1cccs1. The molecule has 0 saturated carbocycles. The van der Waals surface area contributed by atoms with Crippen LogP contribution in [0.15, 0.2) is 22.5 Å². The van der Waals surface area contributed by atoms with E-state index in [9.17, 15) is 9.90 Å². The predicted octanol–water partition coefficient (Wildman–Crippen LogP) is 1.28. The number of nitrogens with zero attached hydrogens (tertiary/aromatic N) is 1. The Morgan fingerprint density at radius 3 is 2.57 bits per heavy atom. The molecule has 0 fully saturated rings. The van der Waals surface area contributed by atoms with Crippen LogP contribution in [0.2, 0.25) is 0 Å². The van der Waals surface area contributed by atoms with Crippen molar-refractivity contribution in [3.05, 3.63) is 22.4 Å². The Balaban J connectivity index is 2.71. The first-order valence-corrected chi connectivity index (χ1v) is 8.61. The molecular formula is C16H28N4O2S. The van der Waals surface area contributed by atoms with Crippen LogP contribution in [0, 0.1) is 5.41 Å². The largest absolute Gasteiger partial charge is 0.383 e. The number of hydrogen-bond acceptors (Lipinski definition) is 4. The van der Waals surface area contributed by atoms with E-state index in [0.717, 1.165) is 4.88 Å². The minimum Gasteiger partial charge on any atom is -0.383 e. The van der Waals surface area contributed by atoms with Crippen molar-refractivity contribution in [3.63, 3.8) is 0 Å². The van der Waals surface area contributed by atoms with Gasteiger partial charge in [-0.2, -0.15) is 0 Å². The highest BCUT2D eigenvalue weighted by Crippen LogP contribution is 2.24. The first-order valence-electron chi connectivity index (χ1n) is 7.73. The summed E-state index contributed by atoms with van der Waals surface area (Å²) in [6.45, 7) is 8.82. The highest BCUT2D eigenvalue weighted by molar-refractivity contribution is 7.10. The zero-order valence-electron chi connectivity index (χ0n) is 14.6. The van der Waals surface area contributed by atoms with E-state index in [1.807, 2.05) is 38.3 Å². The van der Waals surface area contributed by atoms with Gasteiger partial charge in [-0.05, 0) is 39.1 Å². The average molecular weight is 340 g/mol. The van der Waals surface area contributed by atoms with Gasteiger partial charge in [-0.1, -0.05) is 6.07 Å². The molecule has 0 spiro atoms. The second-order valence-electron chi connectivity index (χ2n) is 6.26. The third kappa shape index (κ3) is 5.84. The molecule has 0 aliphatic rings. The number of carbonyl (C=O) groups excluding carboxylic acids is 1. The number of aliphatic imine (C=N–C) groups is 1. The Morgan fingerprint density at radius 1 is 1.35 bits per heavy atom.